The molecule has 0 aliphatic carbocycles. The Kier molecular flexibility index (Phi) is 10.3. The molecule has 7 nitrogen and oxygen atoms in total. The molecule has 2 fully saturated rings. The standard InChI is InChI=1S/C30H42ClN3O4/c1-24-18-27(8-9-28(24)31)38-23-30(20-29(35)34-13-15-36-16-14-34)10-5-11-33(22-30)21-25-6-4-7-26(19-25)37-17-12-32(2)3/h4,6-9,18-19H,5,10-17,20-23H2,1-3H3/t30-/m1/s1. The molecule has 38 heavy (non-hydrogen) atoms. The van der Waals surface area contributed by atoms with Crippen molar-refractivity contribution in [1.82, 2.24) is 14.7 Å². The number of rotatable bonds is 11. The quantitative estimate of drug-likeness (QED) is 0.416. The fraction of sp³-hybridized carbons (Fsp3) is 0.567. The van der Waals surface area contributed by atoms with E-state index in [-0.39, 0.29) is 11.3 Å². The Balaban J connectivity index is 1.45. The van der Waals surface area contributed by atoms with Crippen molar-refractivity contribution in [2.24, 2.45) is 5.41 Å². The third kappa shape index (κ3) is 8.34. The Bertz CT molecular complexity index is 1060. The zero-order chi connectivity index (χ0) is 27.0. The molecule has 0 saturated carbocycles. The predicted octanol–water partition coefficient (Wildman–Crippen LogP) is 4.50. The molecular formula is C30H42ClN3O4. The lowest BCUT2D eigenvalue weighted by molar-refractivity contribution is -0.139. The highest BCUT2D eigenvalue weighted by molar-refractivity contribution is 6.31. The van der Waals surface area contributed by atoms with Crippen molar-refractivity contribution in [1.29, 1.82) is 0 Å². The number of nitrogens with zero attached hydrogens (tertiary/aromatic N) is 3. The summed E-state index contributed by atoms with van der Waals surface area (Å²) in [6.07, 6.45) is 2.46. The molecule has 0 spiro atoms. The van der Waals surface area contributed by atoms with Crippen molar-refractivity contribution in [3.8, 4) is 11.5 Å². The third-order valence-electron chi connectivity index (χ3n) is 7.42. The summed E-state index contributed by atoms with van der Waals surface area (Å²) < 4.78 is 17.8. The van der Waals surface area contributed by atoms with E-state index in [1.54, 1.807) is 0 Å². The number of halogens is 1. The van der Waals surface area contributed by atoms with E-state index in [1.165, 1.54) is 5.56 Å². The molecular weight excluding hydrogens is 502 g/mol. The number of piperidine rings is 1. The molecule has 4 rings (SSSR count). The van der Waals surface area contributed by atoms with Gasteiger partial charge < -0.3 is 24.0 Å². The summed E-state index contributed by atoms with van der Waals surface area (Å²) in [5.74, 6) is 1.89. The predicted molar refractivity (Wildman–Crippen MR) is 151 cm³/mol. The number of carbonyl (C=O) groups is 1. The van der Waals surface area contributed by atoms with Crippen LogP contribution in [0.4, 0.5) is 0 Å². The van der Waals surface area contributed by atoms with Crippen molar-refractivity contribution in [3.63, 3.8) is 0 Å². The minimum Gasteiger partial charge on any atom is -0.493 e. The lowest BCUT2D eigenvalue weighted by Crippen LogP contribution is -2.50. The van der Waals surface area contributed by atoms with Crippen LogP contribution in [-0.2, 0) is 16.1 Å². The maximum Gasteiger partial charge on any atom is 0.223 e. The summed E-state index contributed by atoms with van der Waals surface area (Å²) >= 11 is 6.23. The molecule has 1 atom stereocenters. The highest BCUT2D eigenvalue weighted by Gasteiger charge is 2.39. The fourth-order valence-electron chi connectivity index (χ4n) is 5.28. The van der Waals surface area contributed by atoms with Crippen LogP contribution in [0.1, 0.15) is 30.4 Å². The van der Waals surface area contributed by atoms with Crippen molar-refractivity contribution < 1.29 is 19.0 Å². The van der Waals surface area contributed by atoms with Gasteiger partial charge in [0.05, 0.1) is 19.8 Å². The number of aryl methyl sites for hydroxylation is 1. The number of amides is 1. The van der Waals surface area contributed by atoms with Crippen molar-refractivity contribution >= 4 is 17.5 Å². The van der Waals surface area contributed by atoms with E-state index < -0.39 is 0 Å². The lowest BCUT2D eigenvalue weighted by Gasteiger charge is -2.43. The van der Waals surface area contributed by atoms with Gasteiger partial charge in [0.2, 0.25) is 5.91 Å². The first kappa shape index (κ1) is 28.7. The van der Waals surface area contributed by atoms with Gasteiger partial charge in [-0.3, -0.25) is 9.69 Å². The topological polar surface area (TPSA) is 54.5 Å². The summed E-state index contributed by atoms with van der Waals surface area (Å²) in [6.45, 7) is 9.18. The molecule has 0 bridgehead atoms. The maximum absolute atomic E-state index is 13.4. The number of likely N-dealkylation sites (tertiary alicyclic amines) is 1. The van der Waals surface area contributed by atoms with Gasteiger partial charge in [-0.25, -0.2) is 0 Å². The highest BCUT2D eigenvalue weighted by atomic mass is 35.5. The number of ether oxygens (including phenoxy) is 3. The second kappa shape index (κ2) is 13.7. The number of benzene rings is 2. The van der Waals surface area contributed by atoms with Gasteiger partial charge in [-0.1, -0.05) is 23.7 Å². The Hall–Kier alpha value is -2.32. The first-order valence-electron chi connectivity index (χ1n) is 13.7. The number of carbonyl (C=O) groups excluding carboxylic acids is 1. The van der Waals surface area contributed by atoms with Crippen molar-refractivity contribution in [3.05, 3.63) is 58.6 Å². The number of morpholine rings is 1. The lowest BCUT2D eigenvalue weighted by atomic mass is 9.77. The SMILES string of the molecule is Cc1cc(OC[C@@]2(CC(=O)N3CCOCC3)CCCN(Cc3cccc(OCCN(C)C)c3)C2)ccc1Cl. The van der Waals surface area contributed by atoms with Gasteiger partial charge in [0.1, 0.15) is 18.1 Å². The molecule has 0 unspecified atom stereocenters. The second-order valence-electron chi connectivity index (χ2n) is 11.0. The molecule has 8 heteroatoms. The summed E-state index contributed by atoms with van der Waals surface area (Å²) in [7, 11) is 4.09. The largest absolute Gasteiger partial charge is 0.493 e. The van der Waals surface area contributed by atoms with Gasteiger partial charge >= 0.3 is 0 Å². The molecule has 2 saturated heterocycles. The second-order valence-corrected chi connectivity index (χ2v) is 11.4. The average molecular weight is 544 g/mol. The molecule has 208 valence electrons. The Morgan fingerprint density at radius 3 is 2.63 bits per heavy atom. The third-order valence-corrected chi connectivity index (χ3v) is 7.84. The van der Waals surface area contributed by atoms with Crippen LogP contribution >= 0.6 is 11.6 Å². The highest BCUT2D eigenvalue weighted by Crippen LogP contribution is 2.36. The van der Waals surface area contributed by atoms with Crippen LogP contribution in [0.5, 0.6) is 11.5 Å². The number of hydrogen-bond acceptors (Lipinski definition) is 6. The fourth-order valence-corrected chi connectivity index (χ4v) is 5.40. The van der Waals surface area contributed by atoms with Crippen LogP contribution in [0.3, 0.4) is 0 Å². The van der Waals surface area contributed by atoms with Crippen LogP contribution in [0, 0.1) is 12.3 Å². The number of likely N-dealkylation sites (N-methyl/N-ethyl adjacent to an activating group) is 1. The summed E-state index contributed by atoms with van der Waals surface area (Å²) in [5, 5.41) is 0.728. The van der Waals surface area contributed by atoms with Gasteiger partial charge in [0.15, 0.2) is 0 Å². The van der Waals surface area contributed by atoms with Crippen molar-refractivity contribution in [2.75, 3.05) is 73.2 Å². The van der Waals surface area contributed by atoms with E-state index in [0.717, 1.165) is 61.1 Å². The molecule has 0 aromatic heterocycles. The molecule has 2 heterocycles. The van der Waals surface area contributed by atoms with E-state index in [1.807, 2.05) is 50.2 Å². The van der Waals surface area contributed by atoms with Crippen molar-refractivity contribution in [2.45, 2.75) is 32.7 Å². The summed E-state index contributed by atoms with van der Waals surface area (Å²) in [5.41, 5.74) is 1.94. The van der Waals surface area contributed by atoms with Gasteiger partial charge in [0.25, 0.3) is 0 Å². The van der Waals surface area contributed by atoms with E-state index in [2.05, 4.69) is 28.0 Å². The molecule has 0 radical (unpaired) electrons. The van der Waals surface area contributed by atoms with Crippen LogP contribution in [0.15, 0.2) is 42.5 Å². The van der Waals surface area contributed by atoms with Crippen LogP contribution in [-0.4, -0.2) is 93.9 Å². The van der Waals surface area contributed by atoms with Gasteiger partial charge in [-0.15, -0.1) is 0 Å². The van der Waals surface area contributed by atoms with E-state index >= 15 is 0 Å². The van der Waals surface area contributed by atoms with E-state index in [9.17, 15) is 4.79 Å². The van der Waals surface area contributed by atoms with Crippen LogP contribution < -0.4 is 9.47 Å². The van der Waals surface area contributed by atoms with E-state index in [0.29, 0.717) is 45.9 Å². The molecule has 2 aromatic rings. The molecule has 1 amide bonds. The van der Waals surface area contributed by atoms with E-state index in [4.69, 9.17) is 25.8 Å². The Morgan fingerprint density at radius 2 is 1.87 bits per heavy atom. The van der Waals surface area contributed by atoms with Gasteiger partial charge in [-0.2, -0.15) is 0 Å². The van der Waals surface area contributed by atoms with Crippen LogP contribution in [0.2, 0.25) is 5.02 Å². The Morgan fingerprint density at radius 1 is 1.08 bits per heavy atom. The molecule has 0 N–H and O–H groups in total. The normalized spacial score (nSPS) is 20.5. The molecule has 2 aliphatic rings. The average Bonchev–Trinajstić information content (AvgIpc) is 2.90. The summed E-state index contributed by atoms with van der Waals surface area (Å²) in [4.78, 5) is 19.9. The molecule has 2 aliphatic heterocycles. The smallest absolute Gasteiger partial charge is 0.223 e. The minimum absolute atomic E-state index is 0.197. The van der Waals surface area contributed by atoms with Gasteiger partial charge in [-0.05, 0) is 81.9 Å². The summed E-state index contributed by atoms with van der Waals surface area (Å²) in [6, 6.07) is 14.1. The monoisotopic (exact) mass is 543 g/mol. The first-order valence-corrected chi connectivity index (χ1v) is 14.0. The first-order chi connectivity index (χ1) is 18.3. The van der Waals surface area contributed by atoms with Crippen LogP contribution in [0.25, 0.3) is 0 Å². The zero-order valence-electron chi connectivity index (χ0n) is 23.1. The zero-order valence-corrected chi connectivity index (χ0v) is 23.8. The minimum atomic E-state index is -0.263. The molecule has 2 aromatic carbocycles. The van der Waals surface area contributed by atoms with Gasteiger partial charge in [0, 0.05) is 49.6 Å². The number of hydrogen-bond donors (Lipinski definition) is 0. The maximum atomic E-state index is 13.4. The Labute approximate surface area is 232 Å².